The number of carbonyl (C=O) groups is 4. The molecule has 2 aromatic rings. The minimum atomic E-state index is -3.93. The maximum Gasteiger partial charge on any atom is 0.408 e. The molecular formula is C41H54FN5O9S. The second-order valence-corrected chi connectivity index (χ2v) is 19.7. The lowest BCUT2D eigenvalue weighted by atomic mass is 9.88. The van der Waals surface area contributed by atoms with Gasteiger partial charge in [0.05, 0.1) is 30.0 Å². The van der Waals surface area contributed by atoms with Gasteiger partial charge in [0.1, 0.15) is 40.9 Å². The number of nitrogens with one attached hydrogen (secondary N) is 3. The molecule has 0 spiro atoms. The van der Waals surface area contributed by atoms with Gasteiger partial charge >= 0.3 is 6.09 Å². The molecule has 1 aromatic carbocycles. The molecule has 7 rings (SSSR count). The molecule has 0 radical (unpaired) electrons. The molecule has 4 amide bonds. The number of benzene rings is 1. The van der Waals surface area contributed by atoms with Crippen molar-refractivity contribution < 1.29 is 46.2 Å². The first-order valence-electron chi connectivity index (χ1n) is 20.1. The van der Waals surface area contributed by atoms with E-state index in [1.807, 2.05) is 19.1 Å². The molecule has 3 saturated carbocycles. The third kappa shape index (κ3) is 9.47. The standard InChI is InChI=1S/C41H54FN5O9S/c1-23-8-6-7-9-26-19-41(26,38(50)46-57(52,53)29-13-14-29)45-35(48)32-18-28(21-47(32)37(49)34(24(2)16-23)44-39(51)56-40(3,4)5)55-36-31-17-27(42)12-15-30(31)33(20-43-36)54-22-25-10-11-25/h7,9,12,15,17,20,23-26,28-29,32,34H,6,8,10-11,13-14,16,18-19,21-22H2,1-5H3,(H,44,51)(H,45,48)(H,46,50)/t23-,24-,26-,28-,32+,34+,41-/m1/s1. The number of rotatable bonds is 9. The van der Waals surface area contributed by atoms with Crippen molar-refractivity contribution in [2.24, 2.45) is 23.7 Å². The topological polar surface area (TPSA) is 182 Å². The van der Waals surface area contributed by atoms with Crippen LogP contribution in [0.1, 0.15) is 92.4 Å². The molecule has 3 aliphatic carbocycles. The van der Waals surface area contributed by atoms with Crippen LogP contribution in [0, 0.1) is 29.5 Å². The number of hydrogen-bond acceptors (Lipinski definition) is 10. The SMILES string of the molecule is C[C@@H]1CCC=C[C@@H]2C[C@@]2(C(=O)NS(=O)(=O)C2CC2)NC(=O)[C@@H]2C[C@@H](Oc3ncc(OCC4CC4)c4ccc(F)cc34)CN2C(=O)[C@@H](NC(=O)OC(C)(C)C)[C@H](C)C1. The van der Waals surface area contributed by atoms with Crippen molar-refractivity contribution in [3.05, 3.63) is 42.4 Å². The van der Waals surface area contributed by atoms with Crippen molar-refractivity contribution >= 4 is 44.6 Å². The highest BCUT2D eigenvalue weighted by Gasteiger charge is 2.62. The highest BCUT2D eigenvalue weighted by molar-refractivity contribution is 7.91. The number of ether oxygens (including phenoxy) is 3. The summed E-state index contributed by atoms with van der Waals surface area (Å²) in [5, 5.41) is 5.95. The van der Waals surface area contributed by atoms with Gasteiger partial charge in [-0.1, -0.05) is 26.0 Å². The maximum atomic E-state index is 14.8. The summed E-state index contributed by atoms with van der Waals surface area (Å²) in [6, 6.07) is 1.94. The number of hydrogen-bond donors (Lipinski definition) is 3. The number of fused-ring (bicyclic) bond motifs is 3. The van der Waals surface area contributed by atoms with Gasteiger partial charge in [-0.15, -0.1) is 0 Å². The van der Waals surface area contributed by atoms with Crippen LogP contribution in [0.3, 0.4) is 0 Å². The Morgan fingerprint density at radius 1 is 1.07 bits per heavy atom. The first kappa shape index (κ1) is 40.7. The third-order valence-corrected chi connectivity index (χ3v) is 13.3. The van der Waals surface area contributed by atoms with Crippen LogP contribution in [0.4, 0.5) is 9.18 Å². The average molecular weight is 812 g/mol. The van der Waals surface area contributed by atoms with E-state index in [0.29, 0.717) is 54.7 Å². The van der Waals surface area contributed by atoms with E-state index in [2.05, 4.69) is 27.3 Å². The molecule has 0 unspecified atom stereocenters. The second kappa shape index (κ2) is 15.7. The maximum absolute atomic E-state index is 14.8. The lowest BCUT2D eigenvalue weighted by Crippen LogP contribution is -2.59. The fourth-order valence-corrected chi connectivity index (χ4v) is 9.32. The van der Waals surface area contributed by atoms with Gasteiger partial charge in [-0.25, -0.2) is 22.6 Å². The van der Waals surface area contributed by atoms with E-state index in [1.54, 1.807) is 26.8 Å². The Hall–Kier alpha value is -4.47. The number of aromatic nitrogens is 1. The van der Waals surface area contributed by atoms with E-state index < -0.39 is 80.2 Å². The predicted molar refractivity (Wildman–Crippen MR) is 208 cm³/mol. The Morgan fingerprint density at radius 3 is 2.53 bits per heavy atom. The average Bonchev–Trinajstić information content (AvgIpc) is 4.02. The molecule has 0 bridgehead atoms. The summed E-state index contributed by atoms with van der Waals surface area (Å²) in [5.74, 6) is -2.24. The Balaban J connectivity index is 1.21. The summed E-state index contributed by atoms with van der Waals surface area (Å²) in [6.45, 7) is 9.49. The van der Waals surface area contributed by atoms with Crippen LogP contribution in [0.15, 0.2) is 36.5 Å². The van der Waals surface area contributed by atoms with Gasteiger partial charge in [0.25, 0.3) is 5.91 Å². The van der Waals surface area contributed by atoms with Gasteiger partial charge in [-0.3, -0.25) is 19.1 Å². The van der Waals surface area contributed by atoms with E-state index in [-0.39, 0.29) is 37.1 Å². The quantitative estimate of drug-likeness (QED) is 0.295. The fourth-order valence-electron chi connectivity index (χ4n) is 7.96. The Bertz CT molecular complexity index is 2050. The molecule has 57 heavy (non-hydrogen) atoms. The molecule has 1 aromatic heterocycles. The number of sulfonamides is 1. The zero-order chi connectivity index (χ0) is 40.9. The van der Waals surface area contributed by atoms with Gasteiger partial charge < -0.3 is 29.7 Å². The fraction of sp³-hybridized carbons (Fsp3) is 0.634. The highest BCUT2D eigenvalue weighted by Crippen LogP contribution is 2.46. The van der Waals surface area contributed by atoms with E-state index in [1.165, 1.54) is 23.2 Å². The molecule has 3 heterocycles. The molecule has 14 nitrogen and oxygen atoms in total. The number of amides is 4. The number of alkyl carbamates (subject to hydrolysis) is 1. The molecule has 7 atom stereocenters. The van der Waals surface area contributed by atoms with E-state index in [0.717, 1.165) is 19.3 Å². The lowest BCUT2D eigenvalue weighted by molar-refractivity contribution is -0.142. The number of halogens is 1. The number of carbonyl (C=O) groups excluding carboxylic acids is 4. The van der Waals surface area contributed by atoms with Crippen molar-refractivity contribution in [1.29, 1.82) is 0 Å². The normalized spacial score (nSPS) is 29.6. The van der Waals surface area contributed by atoms with Crippen molar-refractivity contribution in [2.45, 2.75) is 127 Å². The van der Waals surface area contributed by atoms with Crippen LogP contribution in [-0.2, 0) is 29.1 Å². The van der Waals surface area contributed by atoms with Crippen LogP contribution in [0.2, 0.25) is 0 Å². The molecule has 16 heteroatoms. The van der Waals surface area contributed by atoms with E-state index in [9.17, 15) is 32.0 Å². The van der Waals surface area contributed by atoms with Crippen molar-refractivity contribution in [3.8, 4) is 11.6 Å². The summed E-state index contributed by atoms with van der Waals surface area (Å²) in [6.07, 6.45) is 8.87. The second-order valence-electron chi connectivity index (χ2n) is 17.7. The summed E-state index contributed by atoms with van der Waals surface area (Å²) in [5.41, 5.74) is -2.40. The van der Waals surface area contributed by atoms with Crippen molar-refractivity contribution in [3.63, 3.8) is 0 Å². The Morgan fingerprint density at radius 2 is 1.82 bits per heavy atom. The summed E-state index contributed by atoms with van der Waals surface area (Å²) in [4.78, 5) is 62.2. The van der Waals surface area contributed by atoms with Crippen LogP contribution in [-0.4, -0.2) is 89.8 Å². The first-order valence-corrected chi connectivity index (χ1v) is 21.7. The molecule has 310 valence electrons. The summed E-state index contributed by atoms with van der Waals surface area (Å²) >= 11 is 0. The minimum Gasteiger partial charge on any atom is -0.491 e. The van der Waals surface area contributed by atoms with Crippen LogP contribution >= 0.6 is 0 Å². The summed E-state index contributed by atoms with van der Waals surface area (Å²) < 4.78 is 60.7. The monoisotopic (exact) mass is 811 g/mol. The van der Waals surface area contributed by atoms with Crippen LogP contribution in [0.25, 0.3) is 10.8 Å². The number of nitrogens with zero attached hydrogens (tertiary/aromatic N) is 2. The largest absolute Gasteiger partial charge is 0.491 e. The Labute approximate surface area is 333 Å². The molecular weight excluding hydrogens is 758 g/mol. The van der Waals surface area contributed by atoms with Gasteiger partial charge in [-0.05, 0) is 108 Å². The van der Waals surface area contributed by atoms with Gasteiger partial charge in [-0.2, -0.15) is 0 Å². The molecule has 2 aliphatic heterocycles. The van der Waals surface area contributed by atoms with E-state index >= 15 is 0 Å². The number of allylic oxidation sites excluding steroid dienone is 1. The van der Waals surface area contributed by atoms with E-state index in [4.69, 9.17) is 14.2 Å². The lowest BCUT2D eigenvalue weighted by Gasteiger charge is -2.33. The van der Waals surface area contributed by atoms with Gasteiger partial charge in [0.15, 0.2) is 0 Å². The zero-order valence-corrected chi connectivity index (χ0v) is 34.0. The molecule has 5 aliphatic rings. The number of pyridine rings is 1. The predicted octanol–water partition coefficient (Wildman–Crippen LogP) is 4.90. The molecule has 1 saturated heterocycles. The smallest absolute Gasteiger partial charge is 0.408 e. The van der Waals surface area contributed by atoms with Gasteiger partial charge in [0, 0.05) is 17.7 Å². The van der Waals surface area contributed by atoms with Gasteiger partial charge in [0.2, 0.25) is 27.7 Å². The van der Waals surface area contributed by atoms with Crippen molar-refractivity contribution in [2.75, 3.05) is 13.2 Å². The summed E-state index contributed by atoms with van der Waals surface area (Å²) in [7, 11) is -3.93. The zero-order valence-electron chi connectivity index (χ0n) is 33.2. The van der Waals surface area contributed by atoms with Crippen LogP contribution in [0.5, 0.6) is 11.6 Å². The minimum absolute atomic E-state index is 0.0431. The Kier molecular flexibility index (Phi) is 11.2. The molecule has 3 N–H and O–H groups in total. The molecule has 4 fully saturated rings. The van der Waals surface area contributed by atoms with Crippen molar-refractivity contribution in [1.82, 2.24) is 25.2 Å². The highest BCUT2D eigenvalue weighted by atomic mass is 32.2. The first-order chi connectivity index (χ1) is 26.9. The third-order valence-electron chi connectivity index (χ3n) is 11.5. The van der Waals surface area contributed by atoms with Crippen LogP contribution < -0.4 is 24.8 Å².